The Morgan fingerprint density at radius 3 is 2.01 bits per heavy atom. The van der Waals surface area contributed by atoms with E-state index >= 15 is 4.79 Å². The minimum absolute atomic E-state index is 0.224. The van der Waals surface area contributed by atoms with Crippen LogP contribution in [-0.2, 0) is 37.6 Å². The lowest BCUT2D eigenvalue weighted by molar-refractivity contribution is -0.136. The van der Waals surface area contributed by atoms with E-state index in [1.807, 2.05) is 47.6 Å². The summed E-state index contributed by atoms with van der Waals surface area (Å²) >= 11 is 0. The molecule has 3 saturated carbocycles. The van der Waals surface area contributed by atoms with Crippen molar-refractivity contribution in [2.45, 2.75) is 101 Å². The molecule has 6 aromatic heterocycles. The molecule has 4 fully saturated rings. The van der Waals surface area contributed by atoms with Crippen LogP contribution in [0.5, 0.6) is 0 Å². The van der Waals surface area contributed by atoms with Crippen molar-refractivity contribution < 1.29 is 13.2 Å². The number of aryl methyl sites for hydroxylation is 2. The molecule has 8 aromatic rings. The number of alkyl halides is 3. The number of likely N-dealkylation sites (tertiary alicyclic amines) is 1. The Labute approximate surface area is 411 Å². The molecular formula is C54H52F3N13O2. The largest absolute Gasteiger partial charge is 0.418 e. The number of hydrogen-bond donors (Lipinski definition) is 2. The van der Waals surface area contributed by atoms with Gasteiger partial charge < -0.3 is 19.1 Å². The zero-order chi connectivity index (χ0) is 50.0. The van der Waals surface area contributed by atoms with Crippen LogP contribution in [0.4, 0.5) is 13.2 Å². The second kappa shape index (κ2) is 16.5. The first-order chi connectivity index (χ1) is 34.6. The topological polar surface area (TPSA) is 188 Å². The molecule has 0 amide bonds. The molecule has 3 aliphatic carbocycles. The van der Waals surface area contributed by atoms with Gasteiger partial charge in [0.1, 0.15) is 47.5 Å². The van der Waals surface area contributed by atoms with E-state index in [2.05, 4.69) is 73.4 Å². The molecular weight excluding hydrogens is 920 g/mol. The number of halogens is 3. The lowest BCUT2D eigenvalue weighted by atomic mass is 9.58. The van der Waals surface area contributed by atoms with Crippen molar-refractivity contribution in [3.63, 3.8) is 0 Å². The molecule has 366 valence electrons. The number of hydrogen-bond acceptors (Lipinski definition) is 9. The molecule has 12 rings (SSSR count). The third-order valence-corrected chi connectivity index (χ3v) is 16.4. The molecule has 72 heavy (non-hydrogen) atoms. The SMILES string of the molecule is CC1CC(c2cc(C3CC3c3cn(-c4cccc(C5(c6nncn6C)CC(C)C5)c4)c(=O)c4[nH]c(CN5CCCCC5)c(C#N)c34)cc(-n3cc(C(F)(F)F)c4c(C#N)c[nH]c4c3=O)c2)(c2nncn2C)C1. The Balaban J connectivity index is 1.04. The number of aromatic amines is 2. The van der Waals surface area contributed by atoms with Crippen LogP contribution in [-0.4, -0.2) is 66.6 Å². The van der Waals surface area contributed by atoms with Gasteiger partial charge >= 0.3 is 6.18 Å². The van der Waals surface area contributed by atoms with Gasteiger partial charge in [-0.25, -0.2) is 0 Å². The summed E-state index contributed by atoms with van der Waals surface area (Å²) in [5, 5.41) is 38.5. The van der Waals surface area contributed by atoms with Gasteiger partial charge in [-0.3, -0.25) is 23.6 Å². The van der Waals surface area contributed by atoms with Crippen molar-refractivity contribution in [1.82, 2.24) is 53.5 Å². The smallest absolute Gasteiger partial charge is 0.355 e. The van der Waals surface area contributed by atoms with Crippen molar-refractivity contribution in [1.29, 1.82) is 10.5 Å². The average Bonchev–Trinajstić information content (AvgIpc) is 3.66. The number of nitrogens with one attached hydrogen (secondary N) is 2. The number of nitriles is 2. The van der Waals surface area contributed by atoms with E-state index in [-0.39, 0.29) is 34.2 Å². The summed E-state index contributed by atoms with van der Waals surface area (Å²) in [6.07, 6.45) is 9.25. The van der Waals surface area contributed by atoms with Gasteiger partial charge in [-0.2, -0.15) is 23.7 Å². The fourth-order valence-corrected chi connectivity index (χ4v) is 13.1. The molecule has 15 nitrogen and oxygen atoms in total. The maximum absolute atomic E-state index is 15.1. The minimum Gasteiger partial charge on any atom is -0.355 e. The molecule has 2 unspecified atom stereocenters. The van der Waals surface area contributed by atoms with Crippen LogP contribution in [0, 0.1) is 34.5 Å². The molecule has 4 aliphatic rings. The Bertz CT molecular complexity index is 3700. The first kappa shape index (κ1) is 45.6. The lowest BCUT2D eigenvalue weighted by Crippen LogP contribution is -2.43. The molecule has 18 heteroatoms. The molecule has 7 heterocycles. The van der Waals surface area contributed by atoms with Gasteiger partial charge in [-0.1, -0.05) is 38.5 Å². The second-order valence-electron chi connectivity index (χ2n) is 21.3. The van der Waals surface area contributed by atoms with Gasteiger partial charge in [0.2, 0.25) is 0 Å². The number of benzene rings is 2. The quantitative estimate of drug-likeness (QED) is 0.135. The molecule has 2 N–H and O–H groups in total. The molecule has 2 atom stereocenters. The predicted molar refractivity (Wildman–Crippen MR) is 262 cm³/mol. The van der Waals surface area contributed by atoms with E-state index in [1.165, 1.54) is 0 Å². The number of aromatic nitrogens is 10. The number of fused-ring (bicyclic) bond motifs is 2. The van der Waals surface area contributed by atoms with Crippen LogP contribution in [0.15, 0.2) is 83.3 Å². The molecule has 1 aliphatic heterocycles. The normalized spacial score (nSPS) is 24.2. The fourth-order valence-electron chi connectivity index (χ4n) is 13.1. The van der Waals surface area contributed by atoms with Crippen LogP contribution in [0.2, 0.25) is 0 Å². The highest BCUT2D eigenvalue weighted by molar-refractivity contribution is 5.91. The summed E-state index contributed by atoms with van der Waals surface area (Å²) in [7, 11) is 3.82. The monoisotopic (exact) mass is 971 g/mol. The number of pyridine rings is 2. The summed E-state index contributed by atoms with van der Waals surface area (Å²) in [5.74, 6) is 1.88. The highest BCUT2D eigenvalue weighted by atomic mass is 19.4. The lowest BCUT2D eigenvalue weighted by Gasteiger charge is -2.46. The average molecular weight is 972 g/mol. The third-order valence-electron chi connectivity index (χ3n) is 16.4. The third kappa shape index (κ3) is 7.00. The molecule has 0 bridgehead atoms. The highest BCUT2D eigenvalue weighted by Gasteiger charge is 2.51. The van der Waals surface area contributed by atoms with Gasteiger partial charge in [0.05, 0.1) is 27.5 Å². The molecule has 0 radical (unpaired) electrons. The van der Waals surface area contributed by atoms with E-state index in [4.69, 9.17) is 0 Å². The maximum atomic E-state index is 15.1. The number of nitrogens with zero attached hydrogens (tertiary/aromatic N) is 11. The second-order valence-corrected chi connectivity index (χ2v) is 21.3. The predicted octanol–water partition coefficient (Wildman–Crippen LogP) is 8.66. The van der Waals surface area contributed by atoms with Gasteiger partial charge in [-0.15, -0.1) is 20.4 Å². The van der Waals surface area contributed by atoms with Crippen molar-refractivity contribution in [2.75, 3.05) is 13.1 Å². The summed E-state index contributed by atoms with van der Waals surface area (Å²) in [6.45, 7) is 6.63. The highest BCUT2D eigenvalue weighted by Crippen LogP contribution is 2.59. The Hall–Kier alpha value is -7.57. The van der Waals surface area contributed by atoms with Crippen LogP contribution in [0.3, 0.4) is 0 Å². The zero-order valence-electron chi connectivity index (χ0n) is 40.4. The number of H-pyrrole nitrogens is 2. The minimum atomic E-state index is -4.89. The zero-order valence-corrected chi connectivity index (χ0v) is 40.4. The Morgan fingerprint density at radius 2 is 1.40 bits per heavy atom. The maximum Gasteiger partial charge on any atom is 0.418 e. The summed E-state index contributed by atoms with van der Waals surface area (Å²) in [6, 6.07) is 18.0. The Kier molecular flexibility index (Phi) is 10.4. The van der Waals surface area contributed by atoms with E-state index in [0.717, 1.165) is 90.2 Å². The van der Waals surface area contributed by atoms with E-state index < -0.39 is 33.5 Å². The van der Waals surface area contributed by atoms with E-state index in [1.54, 1.807) is 29.4 Å². The van der Waals surface area contributed by atoms with Crippen LogP contribution >= 0.6 is 0 Å². The molecule has 2 aromatic carbocycles. The van der Waals surface area contributed by atoms with Crippen molar-refractivity contribution >= 4 is 21.8 Å². The van der Waals surface area contributed by atoms with Crippen molar-refractivity contribution in [2.24, 2.45) is 25.9 Å². The summed E-state index contributed by atoms with van der Waals surface area (Å²) in [4.78, 5) is 38.0. The number of piperidine rings is 1. The number of rotatable bonds is 10. The van der Waals surface area contributed by atoms with Crippen LogP contribution < -0.4 is 11.1 Å². The Morgan fingerprint density at radius 1 is 0.764 bits per heavy atom. The van der Waals surface area contributed by atoms with Gasteiger partial charge in [-0.05, 0) is 128 Å². The molecule has 1 saturated heterocycles. The van der Waals surface area contributed by atoms with Gasteiger partial charge in [0.15, 0.2) is 0 Å². The van der Waals surface area contributed by atoms with E-state index in [0.29, 0.717) is 71.3 Å². The summed E-state index contributed by atoms with van der Waals surface area (Å²) < 4.78 is 51.5. The summed E-state index contributed by atoms with van der Waals surface area (Å²) in [5.41, 5.74) is 2.00. The van der Waals surface area contributed by atoms with Gasteiger partial charge in [0.25, 0.3) is 11.1 Å². The standard InChI is InChI=1S/C54H52F3N13O2/c1-30-18-52(19-30,50-64-61-28-66(50)3)34-9-8-10-36(15-34)69-25-41(45-40(23-59)43(63-47(45)49(69)72)27-68-11-6-5-7-12-68)39-17-38(39)32-13-35(53(20-31(2)21-53)51-65-62-29-67(51)4)16-37(14-32)70-26-42(54(55,56)57)44-33(22-58)24-60-46(44)48(70)71/h8-10,13-16,24-26,28-31,38-39,60,63H,5-7,11-12,17-21,27H2,1-4H3. The fraction of sp³-hybridized carbons (Fsp3) is 0.407. The van der Waals surface area contributed by atoms with Crippen molar-refractivity contribution in [3.05, 3.63) is 151 Å². The van der Waals surface area contributed by atoms with Gasteiger partial charge in [0, 0.05) is 67.1 Å². The van der Waals surface area contributed by atoms with Crippen LogP contribution in [0.1, 0.15) is 133 Å². The first-order valence-corrected chi connectivity index (χ1v) is 24.7. The van der Waals surface area contributed by atoms with Crippen LogP contribution in [0.25, 0.3) is 33.2 Å². The van der Waals surface area contributed by atoms with E-state index in [9.17, 15) is 28.5 Å². The molecule has 0 spiro atoms. The first-order valence-electron chi connectivity index (χ1n) is 24.7. The van der Waals surface area contributed by atoms with Crippen molar-refractivity contribution in [3.8, 4) is 23.5 Å².